The predicted molar refractivity (Wildman–Crippen MR) is 43.5 cm³/mol. The zero-order valence-electron chi connectivity index (χ0n) is 7.74. The number of rotatable bonds is 6. The van der Waals surface area contributed by atoms with Crippen LogP contribution in [0.4, 0.5) is 0 Å². The highest BCUT2D eigenvalue weighted by molar-refractivity contribution is 5.80. The molecule has 0 bridgehead atoms. The fourth-order valence-corrected chi connectivity index (χ4v) is 0.511. The Balaban J connectivity index is 3.25. The Morgan fingerprint density at radius 2 is 2.00 bits per heavy atom. The Hall–Kier alpha value is -1.10. The lowest BCUT2D eigenvalue weighted by Gasteiger charge is -2.03. The maximum Gasteiger partial charge on any atom is 0.352 e. The lowest BCUT2D eigenvalue weighted by Crippen LogP contribution is -2.13. The highest BCUT2D eigenvalue weighted by atomic mass is 16.6. The summed E-state index contributed by atoms with van der Waals surface area (Å²) in [4.78, 5) is 20.9. The summed E-state index contributed by atoms with van der Waals surface area (Å²) < 4.78 is 13.8. The van der Waals surface area contributed by atoms with E-state index < -0.39 is 11.9 Å². The second kappa shape index (κ2) is 7.54. The molecule has 0 amide bonds. The molecule has 0 aromatic carbocycles. The van der Waals surface area contributed by atoms with Gasteiger partial charge in [0.2, 0.25) is 6.61 Å². The van der Waals surface area contributed by atoms with Crippen molar-refractivity contribution in [3.8, 4) is 0 Å². The minimum absolute atomic E-state index is 0.157. The highest BCUT2D eigenvalue weighted by Crippen LogP contribution is 1.88. The van der Waals surface area contributed by atoms with Gasteiger partial charge in [-0.05, 0) is 6.92 Å². The first-order valence-corrected chi connectivity index (χ1v) is 3.91. The van der Waals surface area contributed by atoms with Crippen LogP contribution >= 0.6 is 0 Å². The zero-order valence-corrected chi connectivity index (χ0v) is 7.74. The molecular weight excluding hydrogens is 176 g/mol. The lowest BCUT2D eigenvalue weighted by atomic mass is 10.7. The molecule has 0 heterocycles. The van der Waals surface area contributed by atoms with Crippen molar-refractivity contribution in [3.63, 3.8) is 0 Å². The second-order valence-electron chi connectivity index (χ2n) is 2.09. The molecule has 0 N–H and O–H groups in total. The molecule has 5 nitrogen and oxygen atoms in total. The first kappa shape index (κ1) is 11.9. The summed E-state index contributed by atoms with van der Waals surface area (Å²) in [5.41, 5.74) is 0. The molecule has 0 rings (SSSR count). The summed E-state index contributed by atoms with van der Waals surface area (Å²) in [6.07, 6.45) is 0. The number of ether oxygens (including phenoxy) is 3. The van der Waals surface area contributed by atoms with Gasteiger partial charge >= 0.3 is 11.9 Å². The molecule has 0 aromatic heterocycles. The van der Waals surface area contributed by atoms with Crippen molar-refractivity contribution in [1.82, 2.24) is 0 Å². The molecule has 0 aromatic rings. The molecule has 0 spiro atoms. The molecule has 1 radical (unpaired) electrons. The van der Waals surface area contributed by atoms with Gasteiger partial charge < -0.3 is 14.2 Å². The third kappa shape index (κ3) is 8.81. The van der Waals surface area contributed by atoms with Gasteiger partial charge in [-0.15, -0.1) is 0 Å². The van der Waals surface area contributed by atoms with Crippen LogP contribution in [0.15, 0.2) is 0 Å². The maximum atomic E-state index is 10.7. The Morgan fingerprint density at radius 1 is 1.31 bits per heavy atom. The van der Waals surface area contributed by atoms with Crippen LogP contribution in [0.3, 0.4) is 0 Å². The molecule has 5 heteroatoms. The van der Waals surface area contributed by atoms with Crippen molar-refractivity contribution in [3.05, 3.63) is 6.61 Å². The van der Waals surface area contributed by atoms with Gasteiger partial charge in [-0.3, -0.25) is 4.79 Å². The van der Waals surface area contributed by atoms with Crippen molar-refractivity contribution in [2.24, 2.45) is 0 Å². The van der Waals surface area contributed by atoms with E-state index in [2.05, 4.69) is 9.47 Å². The van der Waals surface area contributed by atoms with E-state index in [1.807, 2.05) is 6.92 Å². The Kier molecular flexibility index (Phi) is 6.91. The van der Waals surface area contributed by atoms with Gasteiger partial charge in [0.15, 0.2) is 0 Å². The molecule has 75 valence electrons. The van der Waals surface area contributed by atoms with Crippen molar-refractivity contribution in [2.75, 3.05) is 19.8 Å². The predicted octanol–water partition coefficient (Wildman–Crippen LogP) is 0.291. The van der Waals surface area contributed by atoms with E-state index in [1.54, 1.807) is 0 Å². The third-order valence-corrected chi connectivity index (χ3v) is 0.997. The number of carbonyl (C=O) groups excluding carboxylic acids is 2. The van der Waals surface area contributed by atoms with Gasteiger partial charge in [0, 0.05) is 13.5 Å². The summed E-state index contributed by atoms with van der Waals surface area (Å²) >= 11 is 0. The fraction of sp³-hybridized carbons (Fsp3) is 0.625. The molecule has 0 saturated carbocycles. The molecule has 0 atom stereocenters. The van der Waals surface area contributed by atoms with Crippen LogP contribution in [0, 0.1) is 6.61 Å². The van der Waals surface area contributed by atoms with E-state index in [-0.39, 0.29) is 6.61 Å². The Morgan fingerprint density at radius 3 is 2.54 bits per heavy atom. The number of esters is 2. The quantitative estimate of drug-likeness (QED) is 0.444. The zero-order chi connectivity index (χ0) is 10.1. The smallest absolute Gasteiger partial charge is 0.352 e. The van der Waals surface area contributed by atoms with Gasteiger partial charge in [0.1, 0.15) is 6.61 Å². The minimum atomic E-state index is -0.685. The first-order valence-electron chi connectivity index (χ1n) is 3.91. The van der Waals surface area contributed by atoms with Crippen LogP contribution in [0.2, 0.25) is 0 Å². The molecular formula is C8H13O5. The lowest BCUT2D eigenvalue weighted by molar-refractivity contribution is -0.152. The van der Waals surface area contributed by atoms with Crippen LogP contribution in [-0.4, -0.2) is 31.8 Å². The van der Waals surface area contributed by atoms with Crippen molar-refractivity contribution in [1.29, 1.82) is 0 Å². The number of hydrogen-bond acceptors (Lipinski definition) is 5. The van der Waals surface area contributed by atoms with E-state index in [0.29, 0.717) is 13.2 Å². The Labute approximate surface area is 77.0 Å². The van der Waals surface area contributed by atoms with E-state index in [4.69, 9.17) is 4.74 Å². The molecule has 0 unspecified atom stereocenters. The molecule has 13 heavy (non-hydrogen) atoms. The van der Waals surface area contributed by atoms with E-state index in [9.17, 15) is 9.59 Å². The van der Waals surface area contributed by atoms with Gasteiger partial charge in [0.25, 0.3) is 0 Å². The van der Waals surface area contributed by atoms with Gasteiger partial charge in [-0.2, -0.15) is 0 Å². The highest BCUT2D eigenvalue weighted by Gasteiger charge is 2.05. The molecule has 0 fully saturated rings. The largest absolute Gasteiger partial charge is 0.460 e. The van der Waals surface area contributed by atoms with E-state index >= 15 is 0 Å². The second-order valence-corrected chi connectivity index (χ2v) is 2.09. The minimum Gasteiger partial charge on any atom is -0.460 e. The summed E-state index contributed by atoms with van der Waals surface area (Å²) in [6.45, 7) is 4.84. The van der Waals surface area contributed by atoms with E-state index in [1.165, 1.54) is 6.92 Å². The number of hydrogen-bond donors (Lipinski definition) is 0. The monoisotopic (exact) mass is 189 g/mol. The normalized spacial score (nSPS) is 9.38. The summed E-state index contributed by atoms with van der Waals surface area (Å²) in [5.74, 6) is -1.24. The molecule has 0 aliphatic rings. The molecule has 0 aliphatic carbocycles. The fourth-order valence-electron chi connectivity index (χ4n) is 0.511. The number of carbonyl (C=O) groups is 2. The van der Waals surface area contributed by atoms with Crippen molar-refractivity contribution in [2.45, 2.75) is 13.8 Å². The SMILES string of the molecule is CCOCCOC(=O)[CH]OC(C)=O. The third-order valence-electron chi connectivity index (χ3n) is 0.997. The topological polar surface area (TPSA) is 61.8 Å². The average Bonchev–Trinajstić information content (AvgIpc) is 2.09. The van der Waals surface area contributed by atoms with Crippen LogP contribution < -0.4 is 0 Å². The molecule has 0 saturated heterocycles. The maximum absolute atomic E-state index is 10.7. The van der Waals surface area contributed by atoms with Crippen LogP contribution in [0.1, 0.15) is 13.8 Å². The summed E-state index contributed by atoms with van der Waals surface area (Å²) in [5, 5.41) is 0. The first-order chi connectivity index (χ1) is 6.16. The molecule has 0 aliphatic heterocycles. The van der Waals surface area contributed by atoms with Crippen LogP contribution in [0.25, 0.3) is 0 Å². The van der Waals surface area contributed by atoms with Crippen LogP contribution in [-0.2, 0) is 23.8 Å². The van der Waals surface area contributed by atoms with Crippen molar-refractivity contribution < 1.29 is 23.8 Å². The van der Waals surface area contributed by atoms with Gasteiger partial charge in [-0.1, -0.05) is 0 Å². The van der Waals surface area contributed by atoms with Crippen molar-refractivity contribution >= 4 is 11.9 Å². The summed E-state index contributed by atoms with van der Waals surface area (Å²) in [6, 6.07) is 0. The van der Waals surface area contributed by atoms with Gasteiger partial charge in [-0.25, -0.2) is 4.79 Å². The standard InChI is InChI=1S/C8H13O5/c1-3-11-4-5-12-8(10)6-13-7(2)9/h6H,3-5H2,1-2H3. The van der Waals surface area contributed by atoms with E-state index in [0.717, 1.165) is 6.61 Å². The average molecular weight is 189 g/mol. The van der Waals surface area contributed by atoms with Crippen LogP contribution in [0.5, 0.6) is 0 Å². The van der Waals surface area contributed by atoms with Gasteiger partial charge in [0.05, 0.1) is 6.61 Å². The summed E-state index contributed by atoms with van der Waals surface area (Å²) in [7, 11) is 0. The Bertz CT molecular complexity index is 166.